The number of anilines is 1. The molecule has 0 aliphatic rings. The van der Waals surface area contributed by atoms with Crippen LogP contribution in [-0.4, -0.2) is 36.2 Å². The van der Waals surface area contributed by atoms with Gasteiger partial charge >= 0.3 is 0 Å². The molecule has 0 fully saturated rings. The number of hydrogen-bond acceptors (Lipinski definition) is 7. The first-order valence-corrected chi connectivity index (χ1v) is 12.1. The minimum absolute atomic E-state index is 0.0716. The molecule has 0 saturated carbocycles. The van der Waals surface area contributed by atoms with E-state index in [-0.39, 0.29) is 17.2 Å². The van der Waals surface area contributed by atoms with Crippen LogP contribution in [0.1, 0.15) is 16.9 Å². The molecule has 0 saturated heterocycles. The Kier molecular flexibility index (Phi) is 6.64. The van der Waals surface area contributed by atoms with Crippen LogP contribution in [0.15, 0.2) is 88.8 Å². The number of nitrogens with zero attached hydrogens (tertiary/aromatic N) is 6. The van der Waals surface area contributed by atoms with Crippen molar-refractivity contribution >= 4 is 23.5 Å². The molecule has 0 radical (unpaired) electrons. The van der Waals surface area contributed by atoms with Gasteiger partial charge < -0.3 is 9.73 Å². The number of aromatic nitrogens is 5. The number of benzene rings is 2. The second-order valence-corrected chi connectivity index (χ2v) is 8.81. The number of rotatable bonds is 8. The molecule has 0 bridgehead atoms. The molecule has 0 aliphatic heterocycles. The number of thioether (sulfide) groups is 1. The van der Waals surface area contributed by atoms with Gasteiger partial charge in [0.05, 0.1) is 36.0 Å². The van der Waals surface area contributed by atoms with Crippen LogP contribution < -0.4 is 5.32 Å². The first-order valence-electron chi connectivity index (χ1n) is 11.1. The zero-order chi connectivity index (χ0) is 24.9. The fourth-order valence-corrected chi connectivity index (χ4v) is 4.47. The summed E-state index contributed by atoms with van der Waals surface area (Å²) in [7, 11) is 0. The summed E-state index contributed by atoms with van der Waals surface area (Å²) in [5, 5.41) is 26.0. The molecule has 0 aliphatic carbocycles. The van der Waals surface area contributed by atoms with Crippen LogP contribution in [0.25, 0.3) is 17.1 Å². The molecular weight excluding hydrogens is 474 g/mol. The molecule has 0 atom stereocenters. The molecule has 3 heterocycles. The summed E-state index contributed by atoms with van der Waals surface area (Å²) in [5.41, 5.74) is 2.95. The third kappa shape index (κ3) is 4.78. The van der Waals surface area contributed by atoms with Gasteiger partial charge in [-0.05, 0) is 30.7 Å². The van der Waals surface area contributed by atoms with E-state index in [9.17, 15) is 10.1 Å². The molecule has 5 rings (SSSR count). The Bertz CT molecular complexity index is 1530. The van der Waals surface area contributed by atoms with Crippen molar-refractivity contribution in [2.45, 2.75) is 18.6 Å². The SMILES string of the molecule is Cc1occc1-c1nnc(SCC(=O)Nc2c(C#N)cnn2-c2ccccc2)n1Cc1ccccc1. The summed E-state index contributed by atoms with van der Waals surface area (Å²) < 4.78 is 8.99. The van der Waals surface area contributed by atoms with Crippen molar-refractivity contribution in [1.82, 2.24) is 24.5 Å². The number of hydrogen-bond donors (Lipinski definition) is 1. The second-order valence-electron chi connectivity index (χ2n) is 7.87. The van der Waals surface area contributed by atoms with E-state index in [2.05, 4.69) is 26.7 Å². The van der Waals surface area contributed by atoms with Gasteiger partial charge in [0, 0.05) is 0 Å². The van der Waals surface area contributed by atoms with Crippen molar-refractivity contribution in [3.05, 3.63) is 96.1 Å². The Morgan fingerprint density at radius 3 is 2.53 bits per heavy atom. The molecule has 0 unspecified atom stereocenters. The smallest absolute Gasteiger partial charge is 0.236 e. The monoisotopic (exact) mass is 495 g/mol. The second kappa shape index (κ2) is 10.3. The van der Waals surface area contributed by atoms with Crippen molar-refractivity contribution in [3.63, 3.8) is 0 Å². The van der Waals surface area contributed by atoms with E-state index in [4.69, 9.17) is 4.42 Å². The summed E-state index contributed by atoms with van der Waals surface area (Å²) in [6.45, 7) is 2.41. The van der Waals surface area contributed by atoms with E-state index in [0.29, 0.717) is 23.3 Å². The number of para-hydroxylation sites is 1. The highest BCUT2D eigenvalue weighted by molar-refractivity contribution is 7.99. The van der Waals surface area contributed by atoms with E-state index >= 15 is 0 Å². The average molecular weight is 496 g/mol. The van der Waals surface area contributed by atoms with Gasteiger partial charge in [-0.1, -0.05) is 60.3 Å². The highest BCUT2D eigenvalue weighted by Crippen LogP contribution is 2.28. The van der Waals surface area contributed by atoms with Gasteiger partial charge in [-0.3, -0.25) is 9.36 Å². The van der Waals surface area contributed by atoms with Crippen LogP contribution in [0.5, 0.6) is 0 Å². The van der Waals surface area contributed by atoms with Crippen molar-refractivity contribution in [3.8, 4) is 23.1 Å². The van der Waals surface area contributed by atoms with Crippen molar-refractivity contribution in [2.75, 3.05) is 11.1 Å². The van der Waals surface area contributed by atoms with E-state index in [1.807, 2.05) is 78.2 Å². The predicted octanol–water partition coefficient (Wildman–Crippen LogP) is 4.68. The number of furan rings is 1. The minimum atomic E-state index is -0.288. The fourth-order valence-electron chi connectivity index (χ4n) is 3.73. The van der Waals surface area contributed by atoms with Gasteiger partial charge in [0.15, 0.2) is 16.8 Å². The molecule has 3 aromatic heterocycles. The minimum Gasteiger partial charge on any atom is -0.469 e. The normalized spacial score (nSPS) is 10.8. The maximum absolute atomic E-state index is 12.9. The molecule has 5 aromatic rings. The lowest BCUT2D eigenvalue weighted by molar-refractivity contribution is -0.113. The molecule has 2 aromatic carbocycles. The molecule has 1 amide bonds. The molecular formula is C26H21N7O2S. The Morgan fingerprint density at radius 1 is 1.08 bits per heavy atom. The Hall–Kier alpha value is -4.62. The molecule has 9 nitrogen and oxygen atoms in total. The molecule has 36 heavy (non-hydrogen) atoms. The number of carbonyl (C=O) groups excluding carboxylic acids is 1. The lowest BCUT2D eigenvalue weighted by Gasteiger charge is -2.11. The third-order valence-electron chi connectivity index (χ3n) is 5.48. The van der Waals surface area contributed by atoms with Gasteiger partial charge in [-0.2, -0.15) is 10.4 Å². The third-order valence-corrected chi connectivity index (χ3v) is 6.45. The van der Waals surface area contributed by atoms with Crippen LogP contribution in [0.2, 0.25) is 0 Å². The first kappa shape index (κ1) is 23.1. The van der Waals surface area contributed by atoms with Crippen molar-refractivity contribution < 1.29 is 9.21 Å². The molecule has 10 heteroatoms. The first-order chi connectivity index (χ1) is 17.6. The maximum Gasteiger partial charge on any atom is 0.236 e. The lowest BCUT2D eigenvalue weighted by atomic mass is 10.2. The number of carbonyl (C=O) groups is 1. The number of nitrogens with one attached hydrogen (secondary N) is 1. The zero-order valence-corrected chi connectivity index (χ0v) is 20.1. The lowest BCUT2D eigenvalue weighted by Crippen LogP contribution is -2.18. The topological polar surface area (TPSA) is 115 Å². The standard InChI is InChI=1S/C26H21N7O2S/c1-18-22(12-13-35-18)25-30-31-26(32(25)16-19-8-4-2-5-9-19)36-17-23(34)29-24-20(14-27)15-28-33(24)21-10-6-3-7-11-21/h2-13,15H,16-17H2,1H3,(H,29,34). The summed E-state index contributed by atoms with van der Waals surface area (Å²) >= 11 is 1.27. The van der Waals surface area contributed by atoms with Crippen LogP contribution in [-0.2, 0) is 11.3 Å². The largest absolute Gasteiger partial charge is 0.469 e. The maximum atomic E-state index is 12.9. The van der Waals surface area contributed by atoms with Crippen LogP contribution >= 0.6 is 11.8 Å². The summed E-state index contributed by atoms with van der Waals surface area (Å²) in [4.78, 5) is 12.9. The Morgan fingerprint density at radius 2 is 1.83 bits per heavy atom. The highest BCUT2D eigenvalue weighted by Gasteiger charge is 2.20. The van der Waals surface area contributed by atoms with Crippen LogP contribution in [0.4, 0.5) is 5.82 Å². The quantitative estimate of drug-likeness (QED) is 0.311. The number of aryl methyl sites for hydroxylation is 1. The van der Waals surface area contributed by atoms with Gasteiger partial charge in [0.2, 0.25) is 5.91 Å². The van der Waals surface area contributed by atoms with Gasteiger partial charge in [-0.25, -0.2) is 4.68 Å². The fraction of sp³-hybridized carbons (Fsp3) is 0.115. The number of nitriles is 1. The van der Waals surface area contributed by atoms with Crippen molar-refractivity contribution in [2.24, 2.45) is 0 Å². The van der Waals surface area contributed by atoms with Gasteiger partial charge in [-0.15, -0.1) is 10.2 Å². The molecule has 1 N–H and O–H groups in total. The number of amides is 1. The Labute approximate surface area is 211 Å². The van der Waals surface area contributed by atoms with E-state index in [0.717, 1.165) is 22.6 Å². The van der Waals surface area contributed by atoms with Gasteiger partial charge in [0.25, 0.3) is 0 Å². The summed E-state index contributed by atoms with van der Waals surface area (Å²) in [6, 6.07) is 23.2. The average Bonchev–Trinajstić information content (AvgIpc) is 3.62. The van der Waals surface area contributed by atoms with Crippen LogP contribution in [0.3, 0.4) is 0 Å². The summed E-state index contributed by atoms with van der Waals surface area (Å²) in [6.07, 6.45) is 3.06. The highest BCUT2D eigenvalue weighted by atomic mass is 32.2. The van der Waals surface area contributed by atoms with Crippen molar-refractivity contribution in [1.29, 1.82) is 5.26 Å². The molecule has 178 valence electrons. The van der Waals surface area contributed by atoms with E-state index in [1.165, 1.54) is 18.0 Å². The van der Waals surface area contributed by atoms with Gasteiger partial charge in [0.1, 0.15) is 17.4 Å². The van der Waals surface area contributed by atoms with E-state index < -0.39 is 0 Å². The Balaban J connectivity index is 1.37. The van der Waals surface area contributed by atoms with E-state index in [1.54, 1.807) is 10.9 Å². The summed E-state index contributed by atoms with van der Waals surface area (Å²) in [5.74, 6) is 1.52. The zero-order valence-electron chi connectivity index (χ0n) is 19.3. The predicted molar refractivity (Wildman–Crippen MR) is 136 cm³/mol. The molecule has 0 spiro atoms. The van der Waals surface area contributed by atoms with Crippen LogP contribution in [0, 0.1) is 18.3 Å².